The Kier molecular flexibility index (Phi) is 4.45. The van der Waals surface area contributed by atoms with E-state index < -0.39 is 6.23 Å². The summed E-state index contributed by atoms with van der Waals surface area (Å²) in [6.45, 7) is 1.74. The van der Waals surface area contributed by atoms with Gasteiger partial charge in [-0.3, -0.25) is 10.4 Å². The average Bonchev–Trinajstić information content (AvgIpc) is 1.87. The van der Waals surface area contributed by atoms with Gasteiger partial charge in [0.25, 0.3) is 0 Å². The van der Waals surface area contributed by atoms with Crippen molar-refractivity contribution in [3.05, 3.63) is 0 Å². The minimum atomic E-state index is -1.48. The summed E-state index contributed by atoms with van der Waals surface area (Å²) >= 11 is 0. The van der Waals surface area contributed by atoms with Crippen molar-refractivity contribution in [3.8, 4) is 0 Å². The first-order valence-electron chi connectivity index (χ1n) is 2.86. The molecule has 6 heteroatoms. The van der Waals surface area contributed by atoms with E-state index in [1.807, 2.05) is 0 Å². The first kappa shape index (κ1) is 9.76. The van der Waals surface area contributed by atoms with E-state index in [2.05, 4.69) is 0 Å². The van der Waals surface area contributed by atoms with E-state index in [0.717, 1.165) is 5.06 Å². The van der Waals surface area contributed by atoms with Gasteiger partial charge in [-0.2, -0.15) is 5.06 Å². The fourth-order valence-electron chi connectivity index (χ4n) is 0.391. The van der Waals surface area contributed by atoms with Gasteiger partial charge in [-0.15, -0.1) is 0 Å². The second-order valence-electron chi connectivity index (χ2n) is 1.81. The van der Waals surface area contributed by atoms with Crippen LogP contribution in [-0.4, -0.2) is 50.3 Å². The molecule has 0 aromatic heterocycles. The molecule has 0 bridgehead atoms. The smallest absolute Gasteiger partial charge is 0.171 e. The van der Waals surface area contributed by atoms with Crippen molar-refractivity contribution in [2.24, 2.45) is 0 Å². The van der Waals surface area contributed by atoms with Crippen LogP contribution in [0.1, 0.15) is 6.92 Å². The molecule has 0 rings (SSSR count). The molecule has 0 aliphatic heterocycles. The van der Waals surface area contributed by atoms with Gasteiger partial charge in [-0.1, -0.05) is 6.92 Å². The Labute approximate surface area is 58.4 Å². The topological polar surface area (TPSA) is 87.4 Å². The van der Waals surface area contributed by atoms with Crippen LogP contribution in [0.15, 0.2) is 0 Å². The van der Waals surface area contributed by atoms with E-state index in [4.69, 9.17) is 20.7 Å². The maximum absolute atomic E-state index is 8.70. The van der Waals surface area contributed by atoms with Gasteiger partial charge in [0.1, 0.15) is 0 Å². The third kappa shape index (κ3) is 3.72. The predicted molar refractivity (Wildman–Crippen MR) is 30.5 cm³/mol. The average molecular weight is 152 g/mol. The summed E-state index contributed by atoms with van der Waals surface area (Å²) in [7, 11) is 0. The van der Waals surface area contributed by atoms with Crippen molar-refractivity contribution in [2.75, 3.05) is 13.1 Å². The standard InChI is InChI=1S/C4H12N2O4/c1-2-5(8)3-4(7)6(9)10/h4,7-10H,2-3H2,1H3. The number of aliphatic hydroxyl groups excluding tert-OH is 1. The molecule has 0 aromatic rings. The van der Waals surface area contributed by atoms with Crippen molar-refractivity contribution < 1.29 is 20.7 Å². The third-order valence-electron chi connectivity index (χ3n) is 1.01. The molecule has 0 fully saturated rings. The van der Waals surface area contributed by atoms with Crippen LogP contribution in [0.2, 0.25) is 0 Å². The Hall–Kier alpha value is -0.240. The maximum Gasteiger partial charge on any atom is 0.171 e. The molecular weight excluding hydrogens is 140 g/mol. The molecule has 10 heavy (non-hydrogen) atoms. The fraction of sp³-hybridized carbons (Fsp3) is 1.00. The number of hydroxylamine groups is 4. The lowest BCUT2D eigenvalue weighted by atomic mass is 10.5. The van der Waals surface area contributed by atoms with Crippen LogP contribution < -0.4 is 0 Å². The van der Waals surface area contributed by atoms with Gasteiger partial charge < -0.3 is 10.3 Å². The Bertz CT molecular complexity index is 89.3. The number of nitrogens with zero attached hydrogens (tertiary/aromatic N) is 2. The van der Waals surface area contributed by atoms with Gasteiger partial charge in [-0.05, 0) is 5.23 Å². The van der Waals surface area contributed by atoms with Crippen LogP contribution >= 0.6 is 0 Å². The second-order valence-corrected chi connectivity index (χ2v) is 1.81. The first-order chi connectivity index (χ1) is 4.57. The molecule has 0 heterocycles. The minimum absolute atomic E-state index is 0.233. The van der Waals surface area contributed by atoms with Gasteiger partial charge in [-0.25, -0.2) is 0 Å². The third-order valence-corrected chi connectivity index (χ3v) is 1.01. The number of aliphatic hydroxyl groups is 1. The predicted octanol–water partition coefficient (Wildman–Crippen LogP) is -0.904. The number of hydrogen-bond donors (Lipinski definition) is 4. The molecule has 0 spiro atoms. The summed E-state index contributed by atoms with van der Waals surface area (Å²) in [5, 5.41) is 34.1. The van der Waals surface area contributed by atoms with E-state index in [0.29, 0.717) is 6.54 Å². The van der Waals surface area contributed by atoms with Crippen molar-refractivity contribution in [3.63, 3.8) is 0 Å². The van der Waals surface area contributed by atoms with Crippen LogP contribution in [0.4, 0.5) is 0 Å². The van der Waals surface area contributed by atoms with Crippen LogP contribution in [0.5, 0.6) is 0 Å². The maximum atomic E-state index is 8.70. The Morgan fingerprint density at radius 3 is 2.10 bits per heavy atom. The van der Waals surface area contributed by atoms with E-state index in [9.17, 15) is 0 Å². The molecule has 0 aliphatic rings. The monoisotopic (exact) mass is 152 g/mol. The van der Waals surface area contributed by atoms with Crippen LogP contribution in [-0.2, 0) is 0 Å². The highest BCUT2D eigenvalue weighted by Gasteiger charge is 2.12. The van der Waals surface area contributed by atoms with Crippen LogP contribution in [0.3, 0.4) is 0 Å². The van der Waals surface area contributed by atoms with Gasteiger partial charge in [0.2, 0.25) is 0 Å². The van der Waals surface area contributed by atoms with E-state index >= 15 is 0 Å². The summed E-state index contributed by atoms with van der Waals surface area (Å²) < 4.78 is 0. The van der Waals surface area contributed by atoms with Gasteiger partial charge in [0, 0.05) is 6.54 Å². The molecule has 0 amide bonds. The highest BCUT2D eigenvalue weighted by Crippen LogP contribution is 1.89. The summed E-state index contributed by atoms with van der Waals surface area (Å²) in [5.74, 6) is 0. The molecular formula is C4H12N2O4. The zero-order valence-corrected chi connectivity index (χ0v) is 5.67. The number of rotatable bonds is 4. The fourth-order valence-corrected chi connectivity index (χ4v) is 0.391. The van der Waals surface area contributed by atoms with Crippen molar-refractivity contribution in [2.45, 2.75) is 13.2 Å². The molecule has 6 nitrogen and oxygen atoms in total. The largest absolute Gasteiger partial charge is 0.372 e. The highest BCUT2D eigenvalue weighted by atomic mass is 16.8. The lowest BCUT2D eigenvalue weighted by Crippen LogP contribution is -2.39. The Morgan fingerprint density at radius 2 is 1.80 bits per heavy atom. The normalized spacial score (nSPS) is 14.7. The highest BCUT2D eigenvalue weighted by molar-refractivity contribution is 4.46. The zero-order valence-electron chi connectivity index (χ0n) is 5.67. The zero-order chi connectivity index (χ0) is 8.15. The Morgan fingerprint density at radius 1 is 1.30 bits per heavy atom. The quantitative estimate of drug-likeness (QED) is 0.308. The summed E-state index contributed by atoms with van der Waals surface area (Å²) in [6.07, 6.45) is -1.48. The molecule has 0 aromatic carbocycles. The van der Waals surface area contributed by atoms with E-state index in [-0.39, 0.29) is 11.8 Å². The van der Waals surface area contributed by atoms with Gasteiger partial charge in [0.15, 0.2) is 6.23 Å². The summed E-state index contributed by atoms with van der Waals surface area (Å²) in [4.78, 5) is 0. The molecule has 1 unspecified atom stereocenters. The van der Waals surface area contributed by atoms with Gasteiger partial charge >= 0.3 is 0 Å². The first-order valence-corrected chi connectivity index (χ1v) is 2.86. The SMILES string of the molecule is CCN(O)CC(O)N(O)O. The minimum Gasteiger partial charge on any atom is -0.372 e. The van der Waals surface area contributed by atoms with Crippen LogP contribution in [0, 0.1) is 0 Å². The molecule has 0 radical (unpaired) electrons. The van der Waals surface area contributed by atoms with Crippen molar-refractivity contribution in [1.29, 1.82) is 0 Å². The van der Waals surface area contributed by atoms with Crippen LogP contribution in [0.25, 0.3) is 0 Å². The van der Waals surface area contributed by atoms with E-state index in [1.165, 1.54) is 0 Å². The van der Waals surface area contributed by atoms with Gasteiger partial charge in [0.05, 0.1) is 6.54 Å². The van der Waals surface area contributed by atoms with E-state index in [1.54, 1.807) is 6.92 Å². The molecule has 62 valence electrons. The second kappa shape index (κ2) is 4.56. The number of likely N-dealkylation sites (N-methyl/N-ethyl adjacent to an activating group) is 1. The molecule has 4 N–H and O–H groups in total. The Balaban J connectivity index is 3.46. The number of hydrogen-bond acceptors (Lipinski definition) is 6. The summed E-state index contributed by atoms with van der Waals surface area (Å²) in [5.41, 5.74) is 0. The summed E-state index contributed by atoms with van der Waals surface area (Å²) in [6, 6.07) is 0. The lowest BCUT2D eigenvalue weighted by molar-refractivity contribution is -0.377. The van der Waals surface area contributed by atoms with Crippen molar-refractivity contribution >= 4 is 0 Å². The molecule has 1 atom stereocenters. The molecule has 0 saturated heterocycles. The van der Waals surface area contributed by atoms with Crippen molar-refractivity contribution in [1.82, 2.24) is 10.3 Å². The lowest BCUT2D eigenvalue weighted by Gasteiger charge is -2.18. The molecule has 0 aliphatic carbocycles. The molecule has 0 saturated carbocycles.